The molecule has 110 valence electrons. The summed E-state index contributed by atoms with van der Waals surface area (Å²) in [4.78, 5) is 17.9. The number of amides is 1. The average Bonchev–Trinajstić information content (AvgIpc) is 2.41. The summed E-state index contributed by atoms with van der Waals surface area (Å²) in [7, 11) is 1.39. The summed E-state index contributed by atoms with van der Waals surface area (Å²) in [5.74, 6) is -3.98. The molecule has 0 spiro atoms. The van der Waals surface area contributed by atoms with Crippen LogP contribution < -0.4 is 0 Å². The number of nitrogens with zero attached hydrogens (tertiary/aromatic N) is 2. The fourth-order valence-electron chi connectivity index (χ4n) is 2.42. The third kappa shape index (κ3) is 2.95. The minimum absolute atomic E-state index is 0.00794. The highest BCUT2D eigenvalue weighted by molar-refractivity contribution is 5.95. The number of alkyl halides is 2. The zero-order valence-corrected chi connectivity index (χ0v) is 11.6. The number of carbonyl (C=O) groups excluding carboxylic acids is 1. The molecule has 6 heteroatoms. The van der Waals surface area contributed by atoms with Crippen LogP contribution in [0.25, 0.3) is 0 Å². The standard InChI is InChI=1S/C14H18F2N2O2/c1-10-12(4-3-6-17-10)13(19)18-7-5-14(15,16)11(8-18)9-20-2/h3-4,6,11H,5,7-9H2,1-2H3. The zero-order valence-electron chi connectivity index (χ0n) is 11.6. The van der Waals surface area contributed by atoms with Crippen molar-refractivity contribution in [1.29, 1.82) is 0 Å². The molecule has 1 unspecified atom stereocenters. The molecule has 1 atom stereocenters. The van der Waals surface area contributed by atoms with E-state index < -0.39 is 11.8 Å². The van der Waals surface area contributed by atoms with Crippen molar-refractivity contribution >= 4 is 5.91 Å². The van der Waals surface area contributed by atoms with E-state index >= 15 is 0 Å². The molecule has 1 aromatic rings. The fraction of sp³-hybridized carbons (Fsp3) is 0.571. The van der Waals surface area contributed by atoms with Crippen molar-refractivity contribution in [3.05, 3.63) is 29.6 Å². The van der Waals surface area contributed by atoms with Gasteiger partial charge in [0.25, 0.3) is 11.8 Å². The Bertz CT molecular complexity index is 494. The van der Waals surface area contributed by atoms with Crippen molar-refractivity contribution in [3.63, 3.8) is 0 Å². The number of hydrogen-bond donors (Lipinski definition) is 0. The third-order valence-electron chi connectivity index (χ3n) is 3.65. The van der Waals surface area contributed by atoms with Crippen LogP contribution in [-0.2, 0) is 4.74 Å². The summed E-state index contributed by atoms with van der Waals surface area (Å²) in [6.07, 6.45) is 1.27. The minimum Gasteiger partial charge on any atom is -0.384 e. The van der Waals surface area contributed by atoms with Crippen LogP contribution in [-0.4, -0.2) is 48.5 Å². The maximum Gasteiger partial charge on any atom is 0.256 e. The number of ether oxygens (including phenoxy) is 1. The molecule has 20 heavy (non-hydrogen) atoms. The number of piperidine rings is 1. The van der Waals surface area contributed by atoms with Gasteiger partial charge in [-0.2, -0.15) is 0 Å². The number of aromatic nitrogens is 1. The van der Waals surface area contributed by atoms with E-state index in [1.165, 1.54) is 12.0 Å². The van der Waals surface area contributed by atoms with Gasteiger partial charge in [-0.25, -0.2) is 8.78 Å². The van der Waals surface area contributed by atoms with Crippen LogP contribution in [0.2, 0.25) is 0 Å². The molecule has 1 aromatic heterocycles. The third-order valence-corrected chi connectivity index (χ3v) is 3.65. The van der Waals surface area contributed by atoms with Crippen molar-refractivity contribution in [2.24, 2.45) is 5.92 Å². The molecule has 0 aliphatic carbocycles. The summed E-state index contributed by atoms with van der Waals surface area (Å²) < 4.78 is 32.3. The van der Waals surface area contributed by atoms with E-state index in [0.717, 1.165) is 0 Å². The largest absolute Gasteiger partial charge is 0.384 e. The monoisotopic (exact) mass is 284 g/mol. The molecule has 1 amide bonds. The summed E-state index contributed by atoms with van der Waals surface area (Å²) in [6.45, 7) is 1.75. The number of carbonyl (C=O) groups is 1. The van der Waals surface area contributed by atoms with Gasteiger partial charge in [-0.05, 0) is 19.1 Å². The normalized spacial score (nSPS) is 21.8. The fourth-order valence-corrected chi connectivity index (χ4v) is 2.42. The maximum absolute atomic E-state index is 13.7. The summed E-state index contributed by atoms with van der Waals surface area (Å²) in [5.41, 5.74) is 1.08. The number of rotatable bonds is 3. The Morgan fingerprint density at radius 3 is 3.00 bits per heavy atom. The Labute approximate surface area is 116 Å². The minimum atomic E-state index is -2.78. The Morgan fingerprint density at radius 2 is 2.35 bits per heavy atom. The van der Waals surface area contributed by atoms with Crippen molar-refractivity contribution in [2.75, 3.05) is 26.8 Å². The topological polar surface area (TPSA) is 42.4 Å². The Balaban J connectivity index is 2.14. The molecule has 0 saturated carbocycles. The molecule has 0 radical (unpaired) electrons. The molecule has 0 aromatic carbocycles. The van der Waals surface area contributed by atoms with Gasteiger partial charge in [0.2, 0.25) is 0 Å². The zero-order chi connectivity index (χ0) is 14.8. The van der Waals surface area contributed by atoms with Crippen molar-refractivity contribution in [1.82, 2.24) is 9.88 Å². The lowest BCUT2D eigenvalue weighted by molar-refractivity contribution is -0.118. The average molecular weight is 284 g/mol. The van der Waals surface area contributed by atoms with Crippen molar-refractivity contribution in [3.8, 4) is 0 Å². The number of methoxy groups -OCH3 is 1. The molecule has 1 fully saturated rings. The molecule has 0 bridgehead atoms. The first-order chi connectivity index (χ1) is 9.45. The van der Waals surface area contributed by atoms with Gasteiger partial charge in [0.05, 0.1) is 18.1 Å². The van der Waals surface area contributed by atoms with Crippen LogP contribution >= 0.6 is 0 Å². The van der Waals surface area contributed by atoms with Crippen LogP contribution in [0.1, 0.15) is 22.5 Å². The summed E-state index contributed by atoms with van der Waals surface area (Å²) in [5, 5.41) is 0. The predicted octanol–water partition coefficient (Wildman–Crippen LogP) is 2.13. The second kappa shape index (κ2) is 5.83. The quantitative estimate of drug-likeness (QED) is 0.854. The number of hydrogen-bond acceptors (Lipinski definition) is 3. The van der Waals surface area contributed by atoms with E-state index in [0.29, 0.717) is 11.3 Å². The van der Waals surface area contributed by atoms with E-state index in [4.69, 9.17) is 4.74 Å². The van der Waals surface area contributed by atoms with Crippen LogP contribution in [0.5, 0.6) is 0 Å². The molecular weight excluding hydrogens is 266 g/mol. The van der Waals surface area contributed by atoms with Gasteiger partial charge in [0.15, 0.2) is 0 Å². The smallest absolute Gasteiger partial charge is 0.256 e. The van der Waals surface area contributed by atoms with Crippen molar-refractivity contribution < 1.29 is 18.3 Å². The van der Waals surface area contributed by atoms with E-state index in [1.807, 2.05) is 0 Å². The maximum atomic E-state index is 13.7. The molecule has 4 nitrogen and oxygen atoms in total. The number of aryl methyl sites for hydroxylation is 1. The number of pyridine rings is 1. The molecule has 1 aliphatic heterocycles. The highest BCUT2D eigenvalue weighted by Gasteiger charge is 2.45. The van der Waals surface area contributed by atoms with Gasteiger partial charge in [-0.3, -0.25) is 9.78 Å². The molecular formula is C14H18F2N2O2. The van der Waals surface area contributed by atoms with Gasteiger partial charge < -0.3 is 9.64 Å². The highest BCUT2D eigenvalue weighted by atomic mass is 19.3. The molecule has 2 heterocycles. The van der Waals surface area contributed by atoms with E-state index in [-0.39, 0.29) is 32.0 Å². The van der Waals surface area contributed by atoms with Gasteiger partial charge in [-0.15, -0.1) is 0 Å². The van der Waals surface area contributed by atoms with Crippen LogP contribution in [0.15, 0.2) is 18.3 Å². The first kappa shape index (κ1) is 14.8. The first-order valence-electron chi connectivity index (χ1n) is 6.53. The lowest BCUT2D eigenvalue weighted by Crippen LogP contribution is -2.50. The van der Waals surface area contributed by atoms with Gasteiger partial charge in [0.1, 0.15) is 0 Å². The Morgan fingerprint density at radius 1 is 1.60 bits per heavy atom. The van der Waals surface area contributed by atoms with Gasteiger partial charge >= 0.3 is 0 Å². The predicted molar refractivity (Wildman–Crippen MR) is 69.8 cm³/mol. The lowest BCUT2D eigenvalue weighted by Gasteiger charge is -2.38. The SMILES string of the molecule is COCC1CN(C(=O)c2cccnc2C)CCC1(F)F. The van der Waals surface area contributed by atoms with Crippen LogP contribution in [0.4, 0.5) is 8.78 Å². The summed E-state index contributed by atoms with van der Waals surface area (Å²) >= 11 is 0. The van der Waals surface area contributed by atoms with Crippen LogP contribution in [0.3, 0.4) is 0 Å². The van der Waals surface area contributed by atoms with E-state index in [2.05, 4.69) is 4.98 Å². The van der Waals surface area contributed by atoms with E-state index in [1.54, 1.807) is 25.3 Å². The summed E-state index contributed by atoms with van der Waals surface area (Å²) in [6, 6.07) is 3.34. The van der Waals surface area contributed by atoms with Crippen LogP contribution in [0, 0.1) is 12.8 Å². The first-order valence-corrected chi connectivity index (χ1v) is 6.53. The molecule has 1 saturated heterocycles. The molecule has 1 aliphatic rings. The number of halogens is 2. The Kier molecular flexibility index (Phi) is 4.32. The number of likely N-dealkylation sites (tertiary alicyclic amines) is 1. The molecule has 0 N–H and O–H groups in total. The Hall–Kier alpha value is -1.56. The highest BCUT2D eigenvalue weighted by Crippen LogP contribution is 2.34. The lowest BCUT2D eigenvalue weighted by atomic mass is 9.93. The van der Waals surface area contributed by atoms with Gasteiger partial charge in [-0.1, -0.05) is 0 Å². The molecule has 2 rings (SSSR count). The second-order valence-electron chi connectivity index (χ2n) is 5.05. The second-order valence-corrected chi connectivity index (χ2v) is 5.05. The van der Waals surface area contributed by atoms with Gasteiger partial charge in [0, 0.05) is 38.5 Å². The van der Waals surface area contributed by atoms with E-state index in [9.17, 15) is 13.6 Å². The van der Waals surface area contributed by atoms with Crippen molar-refractivity contribution in [2.45, 2.75) is 19.3 Å².